The van der Waals surface area contributed by atoms with Crippen LogP contribution in [0.4, 0.5) is 0 Å². The Balaban J connectivity index is 1.67. The minimum absolute atomic E-state index is 0.0771. The number of para-hydroxylation sites is 1. The highest BCUT2D eigenvalue weighted by Crippen LogP contribution is 2.42. The van der Waals surface area contributed by atoms with Crippen molar-refractivity contribution in [2.45, 2.75) is 6.61 Å². The number of piperazine rings is 1. The molecule has 4 rings (SSSR count). The zero-order valence-corrected chi connectivity index (χ0v) is 12.6. The van der Waals surface area contributed by atoms with Crippen LogP contribution in [-0.2, 0) is 11.4 Å². The van der Waals surface area contributed by atoms with E-state index in [1.54, 1.807) is 4.90 Å². The van der Waals surface area contributed by atoms with Gasteiger partial charge in [0, 0.05) is 29.1 Å². The van der Waals surface area contributed by atoms with E-state index in [2.05, 4.69) is 5.32 Å². The first-order valence-electron chi connectivity index (χ1n) is 7.13. The van der Waals surface area contributed by atoms with E-state index in [0.29, 0.717) is 24.6 Å². The first-order chi connectivity index (χ1) is 10.7. The third-order valence-electron chi connectivity index (χ3n) is 3.86. The van der Waals surface area contributed by atoms with Gasteiger partial charge in [-0.2, -0.15) is 0 Å². The van der Waals surface area contributed by atoms with Crippen LogP contribution in [0, 0.1) is 0 Å². The average Bonchev–Trinajstić information content (AvgIpc) is 2.99. The maximum absolute atomic E-state index is 12.6. The van der Waals surface area contributed by atoms with Gasteiger partial charge in [-0.05, 0) is 18.2 Å². The van der Waals surface area contributed by atoms with Crippen molar-refractivity contribution in [2.75, 3.05) is 19.6 Å². The summed E-state index contributed by atoms with van der Waals surface area (Å²) >= 11 is 1.48. The van der Waals surface area contributed by atoms with Crippen molar-refractivity contribution in [3.05, 3.63) is 40.8 Å². The average molecular weight is 314 g/mol. The van der Waals surface area contributed by atoms with Gasteiger partial charge in [0.05, 0.1) is 11.4 Å². The lowest BCUT2D eigenvalue weighted by molar-refractivity contribution is -0.123. The molecule has 1 saturated heterocycles. The maximum atomic E-state index is 12.6. The molecule has 2 aliphatic rings. The number of rotatable bonds is 1. The Labute approximate surface area is 131 Å². The Bertz CT molecular complexity index is 769. The largest absolute Gasteiger partial charge is 0.488 e. The molecule has 0 aliphatic carbocycles. The van der Waals surface area contributed by atoms with Crippen LogP contribution in [0.2, 0.25) is 0 Å². The van der Waals surface area contributed by atoms with Gasteiger partial charge in [0.1, 0.15) is 12.4 Å². The fourth-order valence-corrected chi connectivity index (χ4v) is 3.94. The van der Waals surface area contributed by atoms with Gasteiger partial charge in [0.15, 0.2) is 0 Å². The second-order valence-corrected chi connectivity index (χ2v) is 6.38. The number of nitrogens with one attached hydrogen (secondary N) is 1. The number of hydrogen-bond donors (Lipinski definition) is 1. The predicted molar refractivity (Wildman–Crippen MR) is 83.0 cm³/mol. The fourth-order valence-electron chi connectivity index (χ4n) is 2.77. The van der Waals surface area contributed by atoms with E-state index in [1.807, 2.05) is 30.3 Å². The summed E-state index contributed by atoms with van der Waals surface area (Å²) in [6, 6.07) is 9.75. The molecule has 2 aliphatic heterocycles. The molecule has 1 fully saturated rings. The lowest BCUT2D eigenvalue weighted by Gasteiger charge is -2.26. The van der Waals surface area contributed by atoms with Crippen LogP contribution in [0.1, 0.15) is 15.2 Å². The molecule has 1 N–H and O–H groups in total. The highest BCUT2D eigenvalue weighted by atomic mass is 32.1. The number of hydrogen-bond acceptors (Lipinski definition) is 4. The van der Waals surface area contributed by atoms with Gasteiger partial charge >= 0.3 is 0 Å². The zero-order chi connectivity index (χ0) is 15.1. The van der Waals surface area contributed by atoms with E-state index in [4.69, 9.17) is 4.74 Å². The molecule has 112 valence electrons. The first kappa shape index (κ1) is 13.3. The molecule has 0 spiro atoms. The second kappa shape index (κ2) is 5.14. The summed E-state index contributed by atoms with van der Waals surface area (Å²) in [5, 5.41) is 2.73. The number of carbonyl (C=O) groups excluding carboxylic acids is 2. The maximum Gasteiger partial charge on any atom is 0.264 e. The lowest BCUT2D eigenvalue weighted by Crippen LogP contribution is -2.49. The normalized spacial score (nSPS) is 16.4. The summed E-state index contributed by atoms with van der Waals surface area (Å²) in [5.41, 5.74) is 2.07. The highest BCUT2D eigenvalue weighted by molar-refractivity contribution is 7.17. The number of benzene rings is 1. The molecule has 2 aromatic rings. The van der Waals surface area contributed by atoms with Crippen molar-refractivity contribution in [3.8, 4) is 16.2 Å². The second-order valence-electron chi connectivity index (χ2n) is 5.33. The third kappa shape index (κ3) is 2.16. The molecule has 3 heterocycles. The van der Waals surface area contributed by atoms with Crippen LogP contribution in [0.25, 0.3) is 10.4 Å². The quantitative estimate of drug-likeness (QED) is 0.874. The number of fused-ring (bicyclic) bond motifs is 3. The Kier molecular flexibility index (Phi) is 3.11. The number of thiophene rings is 1. The van der Waals surface area contributed by atoms with Crippen molar-refractivity contribution in [3.63, 3.8) is 0 Å². The fraction of sp³-hybridized carbons (Fsp3) is 0.250. The smallest absolute Gasteiger partial charge is 0.264 e. The first-order valence-corrected chi connectivity index (χ1v) is 7.95. The number of carbonyl (C=O) groups is 2. The molecule has 0 saturated carbocycles. The van der Waals surface area contributed by atoms with E-state index in [9.17, 15) is 9.59 Å². The zero-order valence-electron chi connectivity index (χ0n) is 11.8. The van der Waals surface area contributed by atoms with Crippen molar-refractivity contribution >= 4 is 23.2 Å². The van der Waals surface area contributed by atoms with Gasteiger partial charge in [-0.1, -0.05) is 12.1 Å². The minimum Gasteiger partial charge on any atom is -0.488 e. The Hall–Kier alpha value is -2.34. The van der Waals surface area contributed by atoms with Gasteiger partial charge in [-0.15, -0.1) is 11.3 Å². The summed E-state index contributed by atoms with van der Waals surface area (Å²) < 4.78 is 5.72. The Morgan fingerprint density at radius 2 is 2.18 bits per heavy atom. The van der Waals surface area contributed by atoms with Crippen molar-refractivity contribution in [1.82, 2.24) is 10.2 Å². The summed E-state index contributed by atoms with van der Waals surface area (Å²) in [7, 11) is 0. The Morgan fingerprint density at radius 3 is 3.05 bits per heavy atom. The summed E-state index contributed by atoms with van der Waals surface area (Å²) in [4.78, 5) is 27.4. The molecule has 1 aromatic carbocycles. The molecular weight excluding hydrogens is 300 g/mol. The number of amides is 2. The van der Waals surface area contributed by atoms with Crippen LogP contribution in [0.3, 0.4) is 0 Å². The molecule has 0 bridgehead atoms. The van der Waals surface area contributed by atoms with Gasteiger partial charge in [0.2, 0.25) is 5.91 Å². The minimum atomic E-state index is -0.102. The van der Waals surface area contributed by atoms with E-state index in [-0.39, 0.29) is 18.4 Å². The molecular formula is C16H14N2O3S. The van der Waals surface area contributed by atoms with Crippen LogP contribution >= 0.6 is 11.3 Å². The standard InChI is InChI=1S/C16H14N2O3S/c19-14-8-18(6-5-17-14)16(20)13-7-10-9-21-12-4-2-1-3-11(12)15(10)22-13/h1-4,7H,5-6,8-9H2,(H,17,19). The highest BCUT2D eigenvalue weighted by Gasteiger charge is 2.27. The van der Waals surface area contributed by atoms with Crippen LogP contribution in [-0.4, -0.2) is 36.3 Å². The Morgan fingerprint density at radius 1 is 1.32 bits per heavy atom. The topological polar surface area (TPSA) is 58.6 Å². The predicted octanol–water partition coefficient (Wildman–Crippen LogP) is 1.88. The van der Waals surface area contributed by atoms with E-state index >= 15 is 0 Å². The van der Waals surface area contributed by atoms with Gasteiger partial charge in [-0.25, -0.2) is 0 Å². The SMILES string of the molecule is O=C1CN(C(=O)c2cc3c(s2)-c2ccccc2OC3)CCN1. The van der Waals surface area contributed by atoms with Crippen molar-refractivity contribution < 1.29 is 14.3 Å². The van der Waals surface area contributed by atoms with Crippen molar-refractivity contribution in [1.29, 1.82) is 0 Å². The summed E-state index contributed by atoms with van der Waals surface area (Å²) in [6.45, 7) is 1.69. The van der Waals surface area contributed by atoms with Gasteiger partial charge < -0.3 is 15.0 Å². The molecule has 22 heavy (non-hydrogen) atoms. The summed E-state index contributed by atoms with van der Waals surface area (Å²) in [5.74, 6) is 0.675. The van der Waals surface area contributed by atoms with Crippen molar-refractivity contribution in [2.24, 2.45) is 0 Å². The number of nitrogens with zero attached hydrogens (tertiary/aromatic N) is 1. The molecule has 0 atom stereocenters. The third-order valence-corrected chi connectivity index (χ3v) is 5.06. The summed E-state index contributed by atoms with van der Waals surface area (Å²) in [6.07, 6.45) is 0. The molecule has 5 nitrogen and oxygen atoms in total. The monoisotopic (exact) mass is 314 g/mol. The van der Waals surface area contributed by atoms with E-state index in [0.717, 1.165) is 21.8 Å². The lowest BCUT2D eigenvalue weighted by atomic mass is 10.1. The van der Waals surface area contributed by atoms with E-state index in [1.165, 1.54) is 11.3 Å². The van der Waals surface area contributed by atoms with Gasteiger partial charge in [0.25, 0.3) is 5.91 Å². The molecule has 6 heteroatoms. The molecule has 1 aromatic heterocycles. The van der Waals surface area contributed by atoms with Crippen LogP contribution < -0.4 is 10.1 Å². The number of ether oxygens (including phenoxy) is 1. The van der Waals surface area contributed by atoms with Gasteiger partial charge in [-0.3, -0.25) is 9.59 Å². The van der Waals surface area contributed by atoms with E-state index < -0.39 is 0 Å². The van der Waals surface area contributed by atoms with Crippen LogP contribution in [0.15, 0.2) is 30.3 Å². The molecule has 2 amide bonds. The molecule has 0 unspecified atom stereocenters. The molecule has 0 radical (unpaired) electrons. The van der Waals surface area contributed by atoms with Crippen LogP contribution in [0.5, 0.6) is 5.75 Å².